The van der Waals surface area contributed by atoms with Gasteiger partial charge in [0.1, 0.15) is 11.8 Å². The SMILES string of the molecule is CCOC(=O)[C@H]1C(=O)NC(N2CC[NH+](C)CC2)=N[C@@H]1c1ccco1. The maximum Gasteiger partial charge on any atom is 0.321 e. The van der Waals surface area contributed by atoms with Crippen molar-refractivity contribution in [1.82, 2.24) is 10.2 Å². The number of hydrogen-bond donors (Lipinski definition) is 2. The smallest absolute Gasteiger partial charge is 0.321 e. The molecule has 2 aliphatic heterocycles. The van der Waals surface area contributed by atoms with E-state index >= 15 is 0 Å². The molecule has 0 unspecified atom stereocenters. The Morgan fingerprint density at radius 2 is 2.25 bits per heavy atom. The summed E-state index contributed by atoms with van der Waals surface area (Å²) in [7, 11) is 2.14. The molecule has 2 atom stereocenters. The second kappa shape index (κ2) is 7.04. The lowest BCUT2D eigenvalue weighted by Gasteiger charge is -2.35. The van der Waals surface area contributed by atoms with Gasteiger partial charge >= 0.3 is 5.97 Å². The van der Waals surface area contributed by atoms with Gasteiger partial charge in [0.2, 0.25) is 11.9 Å². The summed E-state index contributed by atoms with van der Waals surface area (Å²) in [6, 6.07) is 2.75. The highest BCUT2D eigenvalue weighted by Gasteiger charge is 2.43. The fraction of sp³-hybridized carbons (Fsp3) is 0.562. The first-order valence-electron chi connectivity index (χ1n) is 8.25. The highest BCUT2D eigenvalue weighted by Crippen LogP contribution is 2.31. The number of esters is 1. The van der Waals surface area contributed by atoms with Gasteiger partial charge < -0.3 is 19.0 Å². The molecule has 130 valence electrons. The molecule has 2 aliphatic rings. The van der Waals surface area contributed by atoms with Crippen molar-refractivity contribution < 1.29 is 23.6 Å². The minimum absolute atomic E-state index is 0.214. The lowest BCUT2D eigenvalue weighted by molar-refractivity contribution is -0.883. The van der Waals surface area contributed by atoms with Crippen LogP contribution in [-0.2, 0) is 14.3 Å². The van der Waals surface area contributed by atoms with Crippen molar-refractivity contribution in [3.05, 3.63) is 24.2 Å². The number of aliphatic imine (C=N–C) groups is 1. The number of furan rings is 1. The molecule has 0 aromatic carbocycles. The lowest BCUT2D eigenvalue weighted by atomic mass is 9.95. The number of nitrogens with zero attached hydrogens (tertiary/aromatic N) is 2. The Bertz CT molecular complexity index is 620. The molecule has 1 amide bonds. The molecule has 0 spiro atoms. The summed E-state index contributed by atoms with van der Waals surface area (Å²) in [4.78, 5) is 32.9. The van der Waals surface area contributed by atoms with E-state index in [2.05, 4.69) is 17.4 Å². The van der Waals surface area contributed by atoms with Gasteiger partial charge in [-0.1, -0.05) is 0 Å². The molecule has 2 N–H and O–H groups in total. The van der Waals surface area contributed by atoms with Crippen LogP contribution in [0.2, 0.25) is 0 Å². The van der Waals surface area contributed by atoms with Gasteiger partial charge in [-0.25, -0.2) is 4.99 Å². The first-order valence-corrected chi connectivity index (χ1v) is 8.25. The summed E-state index contributed by atoms with van der Waals surface area (Å²) in [5.74, 6) is -1.01. The van der Waals surface area contributed by atoms with Crippen molar-refractivity contribution in [2.24, 2.45) is 10.9 Å². The zero-order chi connectivity index (χ0) is 17.1. The highest BCUT2D eigenvalue weighted by molar-refractivity contribution is 6.08. The third-order valence-corrected chi connectivity index (χ3v) is 4.39. The number of guanidine groups is 1. The zero-order valence-electron chi connectivity index (χ0n) is 13.9. The molecule has 8 nitrogen and oxygen atoms in total. The van der Waals surface area contributed by atoms with Crippen LogP contribution in [0.3, 0.4) is 0 Å². The molecule has 1 aromatic rings. The minimum Gasteiger partial charge on any atom is -0.467 e. The zero-order valence-corrected chi connectivity index (χ0v) is 13.9. The molecule has 8 heteroatoms. The number of hydrogen-bond acceptors (Lipinski definition) is 6. The van der Waals surface area contributed by atoms with E-state index in [-0.39, 0.29) is 6.61 Å². The number of piperazine rings is 1. The largest absolute Gasteiger partial charge is 0.467 e. The first-order chi connectivity index (χ1) is 11.6. The third kappa shape index (κ3) is 3.28. The molecule has 0 aliphatic carbocycles. The number of quaternary nitrogens is 1. The minimum atomic E-state index is -1.03. The fourth-order valence-corrected chi connectivity index (χ4v) is 2.99. The third-order valence-electron chi connectivity index (χ3n) is 4.39. The van der Waals surface area contributed by atoms with Crippen LogP contribution >= 0.6 is 0 Å². The standard InChI is InChI=1S/C16H22N4O4/c1-3-23-15(22)12-13(11-5-4-10-24-11)17-16(18-14(12)21)20-8-6-19(2)7-9-20/h4-5,10,12-13H,3,6-9H2,1-2H3,(H,17,18,21)/p+1/t12-,13-/m1/s1. The molecule has 24 heavy (non-hydrogen) atoms. The Morgan fingerprint density at radius 1 is 1.50 bits per heavy atom. The van der Waals surface area contributed by atoms with E-state index in [0.717, 1.165) is 26.2 Å². The Labute approximate surface area is 140 Å². The Kier molecular flexibility index (Phi) is 4.84. The molecule has 3 heterocycles. The van der Waals surface area contributed by atoms with Gasteiger partial charge in [-0.2, -0.15) is 0 Å². The van der Waals surface area contributed by atoms with Gasteiger partial charge in [0, 0.05) is 0 Å². The van der Waals surface area contributed by atoms with Crippen LogP contribution in [0.5, 0.6) is 0 Å². The van der Waals surface area contributed by atoms with Crippen LogP contribution < -0.4 is 10.2 Å². The number of amides is 1. The Morgan fingerprint density at radius 3 is 2.88 bits per heavy atom. The number of nitrogens with one attached hydrogen (secondary N) is 2. The van der Waals surface area contributed by atoms with E-state index in [1.807, 2.05) is 4.90 Å². The quantitative estimate of drug-likeness (QED) is 0.536. The van der Waals surface area contributed by atoms with Crippen molar-refractivity contribution >= 4 is 17.8 Å². The number of carbonyl (C=O) groups excluding carboxylic acids is 2. The van der Waals surface area contributed by atoms with Gasteiger partial charge in [-0.05, 0) is 19.1 Å². The van der Waals surface area contributed by atoms with E-state index < -0.39 is 23.8 Å². The Hall–Kier alpha value is -2.35. The van der Waals surface area contributed by atoms with Crippen LogP contribution in [0, 0.1) is 5.92 Å². The van der Waals surface area contributed by atoms with Crippen molar-refractivity contribution in [3.63, 3.8) is 0 Å². The molecule has 1 aromatic heterocycles. The van der Waals surface area contributed by atoms with E-state index in [1.165, 1.54) is 11.2 Å². The molecule has 3 rings (SSSR count). The fourth-order valence-electron chi connectivity index (χ4n) is 2.99. The van der Waals surface area contributed by atoms with Crippen LogP contribution in [0.4, 0.5) is 0 Å². The lowest BCUT2D eigenvalue weighted by Crippen LogP contribution is -3.12. The van der Waals surface area contributed by atoms with E-state index in [4.69, 9.17) is 9.15 Å². The van der Waals surface area contributed by atoms with Gasteiger partial charge in [0.15, 0.2) is 5.92 Å². The van der Waals surface area contributed by atoms with Gasteiger partial charge in [0.05, 0.1) is 46.1 Å². The van der Waals surface area contributed by atoms with Crippen LogP contribution in [0.15, 0.2) is 27.8 Å². The molecule has 1 saturated heterocycles. The van der Waals surface area contributed by atoms with Crippen molar-refractivity contribution in [2.75, 3.05) is 39.8 Å². The summed E-state index contributed by atoms with van der Waals surface area (Å²) in [5.41, 5.74) is 0. The maximum atomic E-state index is 12.6. The van der Waals surface area contributed by atoms with Crippen molar-refractivity contribution in [3.8, 4) is 0 Å². The molecule has 0 bridgehead atoms. The summed E-state index contributed by atoms with van der Waals surface area (Å²) < 4.78 is 10.5. The molecule has 0 saturated carbocycles. The normalized spacial score (nSPS) is 25.2. The summed E-state index contributed by atoms with van der Waals surface area (Å²) in [5, 5.41) is 2.77. The number of likely N-dealkylation sites (N-methyl/N-ethyl adjacent to an activating group) is 1. The average Bonchev–Trinajstić information content (AvgIpc) is 3.09. The Balaban J connectivity index is 1.88. The predicted octanol–water partition coefficient (Wildman–Crippen LogP) is -1.18. The summed E-state index contributed by atoms with van der Waals surface area (Å²) in [6.07, 6.45) is 1.51. The molecule has 0 radical (unpaired) electrons. The van der Waals surface area contributed by atoms with Crippen molar-refractivity contribution in [1.29, 1.82) is 0 Å². The van der Waals surface area contributed by atoms with Crippen molar-refractivity contribution in [2.45, 2.75) is 13.0 Å². The van der Waals surface area contributed by atoms with Crippen LogP contribution in [0.25, 0.3) is 0 Å². The topological polar surface area (TPSA) is 88.6 Å². The van der Waals surface area contributed by atoms with Crippen LogP contribution in [-0.4, -0.2) is 62.6 Å². The first kappa shape index (κ1) is 16.5. The van der Waals surface area contributed by atoms with Gasteiger partial charge in [-0.15, -0.1) is 0 Å². The van der Waals surface area contributed by atoms with E-state index in [1.54, 1.807) is 19.1 Å². The maximum absolute atomic E-state index is 12.6. The van der Waals surface area contributed by atoms with Gasteiger partial charge in [0.25, 0.3) is 0 Å². The summed E-state index contributed by atoms with van der Waals surface area (Å²) in [6.45, 7) is 5.48. The van der Waals surface area contributed by atoms with Gasteiger partial charge in [-0.3, -0.25) is 14.9 Å². The van der Waals surface area contributed by atoms with Crippen LogP contribution in [0.1, 0.15) is 18.7 Å². The predicted molar refractivity (Wildman–Crippen MR) is 85.3 cm³/mol. The monoisotopic (exact) mass is 335 g/mol. The molecular formula is C16H23N4O4+. The molecular weight excluding hydrogens is 312 g/mol. The second-order valence-electron chi connectivity index (χ2n) is 6.08. The number of ether oxygens (including phenoxy) is 1. The van der Waals surface area contributed by atoms with E-state index in [0.29, 0.717) is 11.7 Å². The molecule has 1 fully saturated rings. The average molecular weight is 335 g/mol. The summed E-state index contributed by atoms with van der Waals surface area (Å²) >= 11 is 0. The second-order valence-corrected chi connectivity index (χ2v) is 6.08. The number of carbonyl (C=O) groups is 2. The highest BCUT2D eigenvalue weighted by atomic mass is 16.5. The van der Waals surface area contributed by atoms with E-state index in [9.17, 15) is 9.59 Å². The number of rotatable bonds is 3.